The van der Waals surface area contributed by atoms with Crippen LogP contribution in [0.25, 0.3) is 0 Å². The predicted molar refractivity (Wildman–Crippen MR) is 52.7 cm³/mol. The van der Waals surface area contributed by atoms with Gasteiger partial charge in [-0.2, -0.15) is 0 Å². The smallest absolute Gasteiger partial charge is 0.303 e. The Balaban J connectivity index is -0.0000000400. The molecule has 17 heavy (non-hydrogen) atoms. The zero-order chi connectivity index (χ0) is 13.5. The second-order valence-electron chi connectivity index (χ2n) is 1.54. The van der Waals surface area contributed by atoms with Crippen molar-refractivity contribution in [3.8, 4) is 0 Å². The first-order chi connectivity index (χ1) is 6.00. The summed E-state index contributed by atoms with van der Waals surface area (Å²) in [6, 6.07) is 0. The molecule has 0 aromatic carbocycles. The fourth-order valence-corrected chi connectivity index (χ4v) is 0. The molecule has 0 spiro atoms. The SMILES string of the molecule is O=P(O)(O)O.O=P(O)(O)O.O=P(O)(O)O.[AlH3].[Zn]. The predicted octanol–water partition coefficient (Wildman–Crippen LogP) is -3.97. The first kappa shape index (κ1) is 31.1. The summed E-state index contributed by atoms with van der Waals surface area (Å²) < 4.78 is 26.6. The largest absolute Gasteiger partial charge is 0.466 e. The minimum atomic E-state index is -4.64. The van der Waals surface area contributed by atoms with Gasteiger partial charge in [0.15, 0.2) is 17.4 Å². The standard InChI is InChI=1S/Al.3H3O4P.Zn.3H/c;3*1-5(2,3)4;;;;/h;3*(H3,1,2,3,4);;;;. The molecule has 104 valence electrons. The molecule has 0 radical (unpaired) electrons. The van der Waals surface area contributed by atoms with Crippen LogP contribution >= 0.6 is 23.5 Å². The Bertz CT molecular complexity index is 208. The molecule has 0 heterocycles. The van der Waals surface area contributed by atoms with Crippen LogP contribution in [0.1, 0.15) is 0 Å². The Labute approximate surface area is 118 Å². The van der Waals surface area contributed by atoms with Crippen LogP contribution in [0, 0.1) is 0 Å². The summed E-state index contributed by atoms with van der Waals surface area (Å²) in [6.45, 7) is 0. The zero-order valence-corrected chi connectivity index (χ0v) is 12.9. The normalized spacial score (nSPS) is 10.4. The van der Waals surface area contributed by atoms with Crippen molar-refractivity contribution in [3.05, 3.63) is 0 Å². The van der Waals surface area contributed by atoms with Crippen LogP contribution < -0.4 is 0 Å². The molecule has 0 aromatic rings. The second kappa shape index (κ2) is 12.5. The van der Waals surface area contributed by atoms with Gasteiger partial charge in [-0.05, 0) is 0 Å². The average molecular weight is 389 g/mol. The molecule has 12 nitrogen and oxygen atoms in total. The van der Waals surface area contributed by atoms with E-state index in [-0.39, 0.29) is 36.8 Å². The van der Waals surface area contributed by atoms with Crippen LogP contribution in [0.5, 0.6) is 0 Å². The molecular weight excluding hydrogens is 377 g/mol. The summed E-state index contributed by atoms with van der Waals surface area (Å²) in [7, 11) is -13.9. The molecule has 0 aliphatic carbocycles. The van der Waals surface area contributed by atoms with Crippen molar-refractivity contribution in [1.82, 2.24) is 0 Å². The van der Waals surface area contributed by atoms with E-state index < -0.39 is 23.5 Å². The quantitative estimate of drug-likeness (QED) is 0.142. The number of rotatable bonds is 0. The van der Waals surface area contributed by atoms with Gasteiger partial charge in [-0.25, -0.2) is 13.7 Å². The molecule has 0 aliphatic rings. The Kier molecular flexibility index (Phi) is 22.9. The zero-order valence-electron chi connectivity index (χ0n) is 7.30. The third-order valence-corrected chi connectivity index (χ3v) is 0. The Morgan fingerprint density at radius 2 is 0.471 bits per heavy atom. The Morgan fingerprint density at radius 1 is 0.471 bits per heavy atom. The maximum absolute atomic E-state index is 8.88. The molecule has 0 amide bonds. The molecule has 0 fully saturated rings. The van der Waals surface area contributed by atoms with E-state index in [0.717, 1.165) is 0 Å². The van der Waals surface area contributed by atoms with Crippen molar-refractivity contribution in [2.24, 2.45) is 0 Å². The molecule has 0 aliphatic heterocycles. The Hall–Kier alpha value is 1.49. The van der Waals surface area contributed by atoms with Crippen LogP contribution in [0.2, 0.25) is 0 Å². The summed E-state index contributed by atoms with van der Waals surface area (Å²) in [6.07, 6.45) is 0. The van der Waals surface area contributed by atoms with Gasteiger partial charge >= 0.3 is 23.5 Å². The van der Waals surface area contributed by atoms with E-state index in [1.54, 1.807) is 0 Å². The minimum absolute atomic E-state index is 0. The van der Waals surface area contributed by atoms with E-state index >= 15 is 0 Å². The fraction of sp³-hybridized carbons (Fsp3) is 0. The Morgan fingerprint density at radius 3 is 0.471 bits per heavy atom. The summed E-state index contributed by atoms with van der Waals surface area (Å²) in [5, 5.41) is 0. The molecule has 9 N–H and O–H groups in total. The summed E-state index contributed by atoms with van der Waals surface area (Å²) in [5.74, 6) is 0. The van der Waals surface area contributed by atoms with Gasteiger partial charge < -0.3 is 44.0 Å². The van der Waals surface area contributed by atoms with E-state index in [2.05, 4.69) is 0 Å². The van der Waals surface area contributed by atoms with Crippen molar-refractivity contribution >= 4 is 40.8 Å². The van der Waals surface area contributed by atoms with Crippen LogP contribution in [0.3, 0.4) is 0 Å². The van der Waals surface area contributed by atoms with Gasteiger partial charge in [0, 0.05) is 19.5 Å². The van der Waals surface area contributed by atoms with E-state index in [4.69, 9.17) is 57.7 Å². The third kappa shape index (κ3) is 1900. The van der Waals surface area contributed by atoms with Crippen LogP contribution in [-0.2, 0) is 33.2 Å². The topological polar surface area (TPSA) is 233 Å². The third-order valence-electron chi connectivity index (χ3n) is 0. The fourth-order valence-electron chi connectivity index (χ4n) is 0. The van der Waals surface area contributed by atoms with Gasteiger partial charge in [-0.3, -0.25) is 0 Å². The number of phosphoric acid groups is 3. The van der Waals surface area contributed by atoms with Crippen molar-refractivity contribution < 1.29 is 77.2 Å². The minimum Gasteiger partial charge on any atom is -0.303 e. The molecule has 0 saturated heterocycles. The van der Waals surface area contributed by atoms with Gasteiger partial charge in [-0.15, -0.1) is 0 Å². The first-order valence-electron chi connectivity index (χ1n) is 2.35. The van der Waals surface area contributed by atoms with Gasteiger partial charge in [0.25, 0.3) is 0 Å². The maximum Gasteiger partial charge on any atom is 0.466 e. The van der Waals surface area contributed by atoms with Crippen molar-refractivity contribution in [1.29, 1.82) is 0 Å². The van der Waals surface area contributed by atoms with Crippen molar-refractivity contribution in [2.45, 2.75) is 0 Å². The van der Waals surface area contributed by atoms with E-state index in [9.17, 15) is 0 Å². The molecule has 0 rings (SSSR count). The monoisotopic (exact) mass is 388 g/mol. The van der Waals surface area contributed by atoms with Gasteiger partial charge in [0.1, 0.15) is 0 Å². The van der Waals surface area contributed by atoms with Crippen LogP contribution in [0.4, 0.5) is 0 Å². The maximum atomic E-state index is 8.88. The summed E-state index contributed by atoms with van der Waals surface area (Å²) >= 11 is 0. The van der Waals surface area contributed by atoms with Gasteiger partial charge in [0.2, 0.25) is 0 Å². The van der Waals surface area contributed by atoms with Gasteiger partial charge in [-0.1, -0.05) is 0 Å². The van der Waals surface area contributed by atoms with E-state index in [0.29, 0.717) is 0 Å². The summed E-state index contributed by atoms with van der Waals surface area (Å²) in [4.78, 5) is 64.7. The van der Waals surface area contributed by atoms with Crippen LogP contribution in [-0.4, -0.2) is 61.4 Å². The molecule has 0 unspecified atom stereocenters. The molecule has 17 heteroatoms. The van der Waals surface area contributed by atoms with E-state index in [1.807, 2.05) is 0 Å². The number of hydrogen-bond acceptors (Lipinski definition) is 3. The molecule has 0 bridgehead atoms. The van der Waals surface area contributed by atoms with Gasteiger partial charge in [0.05, 0.1) is 0 Å². The van der Waals surface area contributed by atoms with E-state index in [1.165, 1.54) is 0 Å². The van der Waals surface area contributed by atoms with Crippen molar-refractivity contribution in [3.63, 3.8) is 0 Å². The average Bonchev–Trinajstić information content (AvgIpc) is 1.41. The molecule has 0 atom stereocenters. The van der Waals surface area contributed by atoms with Crippen molar-refractivity contribution in [2.75, 3.05) is 0 Å². The first-order valence-corrected chi connectivity index (χ1v) is 7.04. The molecule has 0 aromatic heterocycles. The molecular formula is H12AlO12P3Zn. The second-order valence-corrected chi connectivity index (χ2v) is 4.62. The summed E-state index contributed by atoms with van der Waals surface area (Å²) in [5.41, 5.74) is 0. The number of hydrogen-bond donors (Lipinski definition) is 9. The van der Waals surface area contributed by atoms with Crippen LogP contribution in [0.15, 0.2) is 0 Å². The molecule has 0 saturated carbocycles.